The van der Waals surface area contributed by atoms with Gasteiger partial charge in [0, 0.05) is 5.39 Å². The molecule has 3 rings (SSSR count). The van der Waals surface area contributed by atoms with Crippen LogP contribution in [0.3, 0.4) is 0 Å². The Labute approximate surface area is 111 Å². The number of aromatic nitrogens is 6. The third-order valence-electron chi connectivity index (χ3n) is 2.71. The Bertz CT molecular complexity index is 809. The van der Waals surface area contributed by atoms with Crippen LogP contribution in [0.5, 0.6) is 0 Å². The third kappa shape index (κ3) is 2.11. The van der Waals surface area contributed by atoms with Crippen molar-refractivity contribution in [1.82, 2.24) is 36.1 Å². The van der Waals surface area contributed by atoms with Gasteiger partial charge in [-0.15, -0.1) is 10.2 Å². The highest BCUT2D eigenvalue weighted by molar-refractivity contribution is 6.04. The van der Waals surface area contributed by atoms with Crippen molar-refractivity contribution < 1.29 is 4.79 Å². The number of benzene rings is 1. The van der Waals surface area contributed by atoms with Crippen LogP contribution in [0, 0.1) is 0 Å². The summed E-state index contributed by atoms with van der Waals surface area (Å²) in [5.41, 5.74) is -0.195. The maximum absolute atomic E-state index is 12.1. The maximum atomic E-state index is 12.1. The van der Waals surface area contributed by atoms with Crippen molar-refractivity contribution >= 4 is 16.7 Å². The number of nitrogens with one attached hydrogen (secondary N) is 3. The van der Waals surface area contributed by atoms with Crippen molar-refractivity contribution in [1.29, 1.82) is 0 Å². The lowest BCUT2D eigenvalue weighted by molar-refractivity contribution is 0.0945. The van der Waals surface area contributed by atoms with E-state index in [9.17, 15) is 9.59 Å². The van der Waals surface area contributed by atoms with Crippen LogP contribution < -0.4 is 10.9 Å². The summed E-state index contributed by atoms with van der Waals surface area (Å²) in [4.78, 5) is 23.7. The van der Waals surface area contributed by atoms with E-state index >= 15 is 0 Å². The molecule has 0 atom stereocenters. The fourth-order valence-corrected chi connectivity index (χ4v) is 1.79. The van der Waals surface area contributed by atoms with E-state index in [0.29, 0.717) is 16.6 Å². The van der Waals surface area contributed by atoms with Gasteiger partial charge in [0.15, 0.2) is 11.5 Å². The average molecular weight is 271 g/mol. The molecule has 0 saturated carbocycles. The molecule has 0 saturated heterocycles. The predicted octanol–water partition coefficient (Wildman–Crippen LogP) is -0.634. The summed E-state index contributed by atoms with van der Waals surface area (Å²) < 4.78 is 0. The van der Waals surface area contributed by atoms with E-state index < -0.39 is 5.91 Å². The molecular weight excluding hydrogens is 262 g/mol. The first-order chi connectivity index (χ1) is 9.75. The number of nitrogens with zero attached hydrogens (tertiary/aromatic N) is 4. The Balaban J connectivity index is 1.92. The summed E-state index contributed by atoms with van der Waals surface area (Å²) in [5.74, 6) is -0.0747. The largest absolute Gasteiger partial charge is 0.343 e. The number of fused-ring (bicyclic) bond motifs is 1. The number of rotatable bonds is 3. The van der Waals surface area contributed by atoms with Crippen molar-refractivity contribution in [3.8, 4) is 0 Å². The van der Waals surface area contributed by atoms with Crippen molar-refractivity contribution in [3.63, 3.8) is 0 Å². The van der Waals surface area contributed by atoms with E-state index in [1.165, 1.54) is 0 Å². The second-order valence-electron chi connectivity index (χ2n) is 3.96. The molecule has 3 aromatic rings. The molecule has 1 amide bonds. The fraction of sp³-hybridized carbons (Fsp3) is 0.0909. The number of hydrogen-bond donors (Lipinski definition) is 3. The number of aromatic amines is 2. The Hall–Kier alpha value is -3.10. The molecule has 0 spiro atoms. The third-order valence-corrected chi connectivity index (χ3v) is 2.71. The van der Waals surface area contributed by atoms with Crippen LogP contribution in [0.25, 0.3) is 10.8 Å². The van der Waals surface area contributed by atoms with Gasteiger partial charge in [-0.2, -0.15) is 10.3 Å². The molecule has 2 aromatic heterocycles. The van der Waals surface area contributed by atoms with E-state index in [1.807, 2.05) is 0 Å². The Kier molecular flexibility index (Phi) is 2.92. The van der Waals surface area contributed by atoms with Gasteiger partial charge in [0.25, 0.3) is 11.5 Å². The van der Waals surface area contributed by atoms with Gasteiger partial charge in [-0.25, -0.2) is 5.10 Å². The zero-order valence-electron chi connectivity index (χ0n) is 10.1. The maximum Gasteiger partial charge on any atom is 0.272 e. The zero-order chi connectivity index (χ0) is 13.9. The minimum atomic E-state index is -0.428. The second-order valence-corrected chi connectivity index (χ2v) is 3.96. The lowest BCUT2D eigenvalue weighted by Gasteiger charge is -2.04. The van der Waals surface area contributed by atoms with Crippen LogP contribution in [0.2, 0.25) is 0 Å². The van der Waals surface area contributed by atoms with Gasteiger partial charge in [0.05, 0.1) is 11.9 Å². The molecule has 9 heteroatoms. The summed E-state index contributed by atoms with van der Waals surface area (Å²) in [6.45, 7) is 0.116. The number of tetrazole rings is 1. The number of carbonyl (C=O) groups excluding carboxylic acids is 1. The molecule has 100 valence electrons. The Morgan fingerprint density at radius 1 is 1.20 bits per heavy atom. The van der Waals surface area contributed by atoms with Gasteiger partial charge in [-0.05, 0) is 6.07 Å². The van der Waals surface area contributed by atoms with E-state index in [2.05, 4.69) is 36.1 Å². The van der Waals surface area contributed by atoms with Crippen LogP contribution in [0.15, 0.2) is 29.1 Å². The lowest BCUT2D eigenvalue weighted by atomic mass is 10.1. The minimum absolute atomic E-state index is 0.116. The molecule has 1 aromatic carbocycles. The minimum Gasteiger partial charge on any atom is -0.343 e. The van der Waals surface area contributed by atoms with Crippen molar-refractivity contribution in [3.05, 3.63) is 46.1 Å². The summed E-state index contributed by atoms with van der Waals surface area (Å²) in [6, 6.07) is 6.75. The Morgan fingerprint density at radius 2 is 2.00 bits per heavy atom. The number of H-pyrrole nitrogens is 2. The molecule has 0 aliphatic heterocycles. The average Bonchev–Trinajstić information content (AvgIpc) is 2.99. The fourth-order valence-electron chi connectivity index (χ4n) is 1.79. The summed E-state index contributed by atoms with van der Waals surface area (Å²) in [6.07, 6.45) is 0. The lowest BCUT2D eigenvalue weighted by Crippen LogP contribution is -2.26. The second kappa shape index (κ2) is 4.88. The topological polar surface area (TPSA) is 129 Å². The first-order valence-corrected chi connectivity index (χ1v) is 5.73. The van der Waals surface area contributed by atoms with Crippen molar-refractivity contribution in [2.75, 3.05) is 0 Å². The Morgan fingerprint density at radius 3 is 2.75 bits per heavy atom. The highest BCUT2D eigenvalue weighted by Gasteiger charge is 2.14. The van der Waals surface area contributed by atoms with E-state index in [-0.39, 0.29) is 17.8 Å². The molecular formula is C11H9N7O2. The monoisotopic (exact) mass is 271 g/mol. The molecule has 0 aliphatic rings. The van der Waals surface area contributed by atoms with Gasteiger partial charge >= 0.3 is 0 Å². The van der Waals surface area contributed by atoms with E-state index in [0.717, 1.165) is 0 Å². The summed E-state index contributed by atoms with van der Waals surface area (Å²) in [7, 11) is 0. The molecule has 20 heavy (non-hydrogen) atoms. The molecule has 3 N–H and O–H groups in total. The van der Waals surface area contributed by atoms with Gasteiger partial charge in [0.1, 0.15) is 0 Å². The van der Waals surface area contributed by atoms with Crippen LogP contribution in [-0.4, -0.2) is 36.7 Å². The summed E-state index contributed by atoms with van der Waals surface area (Å²) in [5, 5.41) is 22.7. The molecule has 0 aliphatic carbocycles. The van der Waals surface area contributed by atoms with Crippen LogP contribution in [0.1, 0.15) is 16.3 Å². The zero-order valence-corrected chi connectivity index (χ0v) is 10.1. The quantitative estimate of drug-likeness (QED) is 0.581. The molecule has 9 nitrogen and oxygen atoms in total. The number of amides is 1. The standard InChI is InChI=1S/C11H9N7O2/c19-10-7-4-2-1-3-6(7)9(15-16-10)11(20)12-5-8-13-17-18-14-8/h1-4H,5H2,(H,12,20)(H,16,19)(H,13,14,17,18). The van der Waals surface area contributed by atoms with E-state index in [4.69, 9.17) is 0 Å². The van der Waals surface area contributed by atoms with E-state index in [1.54, 1.807) is 24.3 Å². The highest BCUT2D eigenvalue weighted by atomic mass is 16.2. The van der Waals surface area contributed by atoms with Gasteiger partial charge in [-0.3, -0.25) is 9.59 Å². The van der Waals surface area contributed by atoms with Gasteiger partial charge < -0.3 is 5.32 Å². The van der Waals surface area contributed by atoms with Crippen LogP contribution in [0.4, 0.5) is 0 Å². The summed E-state index contributed by atoms with van der Waals surface area (Å²) >= 11 is 0. The smallest absolute Gasteiger partial charge is 0.272 e. The molecule has 0 bridgehead atoms. The predicted molar refractivity (Wildman–Crippen MR) is 67.7 cm³/mol. The first kappa shape index (κ1) is 12.0. The molecule has 2 heterocycles. The highest BCUT2D eigenvalue weighted by Crippen LogP contribution is 2.11. The van der Waals surface area contributed by atoms with Crippen LogP contribution in [-0.2, 0) is 6.54 Å². The molecule has 0 unspecified atom stereocenters. The normalized spacial score (nSPS) is 10.6. The van der Waals surface area contributed by atoms with Crippen LogP contribution >= 0.6 is 0 Å². The first-order valence-electron chi connectivity index (χ1n) is 5.73. The van der Waals surface area contributed by atoms with Crippen molar-refractivity contribution in [2.45, 2.75) is 6.54 Å². The molecule has 0 radical (unpaired) electrons. The van der Waals surface area contributed by atoms with Gasteiger partial charge in [0.2, 0.25) is 0 Å². The molecule has 0 fully saturated rings. The number of hydrogen-bond acceptors (Lipinski definition) is 6. The van der Waals surface area contributed by atoms with Gasteiger partial charge in [-0.1, -0.05) is 23.4 Å². The van der Waals surface area contributed by atoms with Crippen molar-refractivity contribution in [2.24, 2.45) is 0 Å². The SMILES string of the molecule is O=C(NCc1nn[nH]n1)c1n[nH]c(=O)c2ccccc12. The number of carbonyl (C=O) groups is 1.